The summed E-state index contributed by atoms with van der Waals surface area (Å²) >= 11 is 0. The molecular formula is C15H32N3O8P. The Bertz CT molecular complexity index is 527. The first-order valence-corrected chi connectivity index (χ1v) is 10.7. The molecule has 2 aliphatic heterocycles. The van der Waals surface area contributed by atoms with Crippen molar-refractivity contribution in [2.75, 3.05) is 6.61 Å². The molecule has 9 atom stereocenters. The van der Waals surface area contributed by atoms with Gasteiger partial charge in [0.1, 0.15) is 36.9 Å². The number of aliphatic hydroxyl groups excluding tert-OH is 2. The van der Waals surface area contributed by atoms with Crippen molar-refractivity contribution in [3.05, 3.63) is 0 Å². The Hall–Kier alpha value is -0.170. The molecule has 2 heterocycles. The van der Waals surface area contributed by atoms with Crippen LogP contribution in [0.4, 0.5) is 0 Å². The van der Waals surface area contributed by atoms with Crippen LogP contribution in [0.1, 0.15) is 33.6 Å². The van der Waals surface area contributed by atoms with Crippen molar-refractivity contribution < 1.29 is 38.4 Å². The lowest BCUT2D eigenvalue weighted by molar-refractivity contribution is -0.0759. The molecule has 11 nitrogen and oxygen atoms in total. The van der Waals surface area contributed by atoms with Gasteiger partial charge in [0.05, 0.1) is 24.9 Å². The highest BCUT2D eigenvalue weighted by molar-refractivity contribution is 7.50. The quantitative estimate of drug-likeness (QED) is 0.249. The summed E-state index contributed by atoms with van der Waals surface area (Å²) in [4.78, 5) is 10.1. The van der Waals surface area contributed by atoms with Gasteiger partial charge in [-0.05, 0) is 20.3 Å². The summed E-state index contributed by atoms with van der Waals surface area (Å²) in [5.74, 6) is 0. The van der Waals surface area contributed by atoms with Gasteiger partial charge in [0.2, 0.25) is 0 Å². The minimum absolute atomic E-state index is 0.206. The van der Waals surface area contributed by atoms with Gasteiger partial charge in [-0.2, -0.15) is 0 Å². The summed E-state index contributed by atoms with van der Waals surface area (Å²) in [6.07, 6.45) is -5.19. The third kappa shape index (κ3) is 5.91. The van der Waals surface area contributed by atoms with E-state index in [1.54, 1.807) is 13.8 Å². The van der Waals surface area contributed by atoms with E-state index >= 15 is 0 Å². The zero-order valence-electron chi connectivity index (χ0n) is 15.8. The third-order valence-electron chi connectivity index (χ3n) is 4.54. The molecule has 0 aliphatic carbocycles. The van der Waals surface area contributed by atoms with Crippen LogP contribution in [0.5, 0.6) is 0 Å². The molecule has 160 valence electrons. The summed E-state index contributed by atoms with van der Waals surface area (Å²) in [7, 11) is -4.32. The van der Waals surface area contributed by atoms with Crippen LogP contribution in [0.25, 0.3) is 0 Å². The van der Waals surface area contributed by atoms with Crippen LogP contribution in [0, 0.1) is 0 Å². The van der Waals surface area contributed by atoms with E-state index in [-0.39, 0.29) is 12.7 Å². The monoisotopic (exact) mass is 413 g/mol. The van der Waals surface area contributed by atoms with Crippen LogP contribution in [-0.2, 0) is 23.3 Å². The Morgan fingerprint density at radius 1 is 1.15 bits per heavy atom. The molecule has 27 heavy (non-hydrogen) atoms. The van der Waals surface area contributed by atoms with Gasteiger partial charge in [0, 0.05) is 0 Å². The van der Waals surface area contributed by atoms with Gasteiger partial charge in [0.25, 0.3) is 0 Å². The normalized spacial score (nSPS) is 42.0. The zero-order valence-corrected chi connectivity index (χ0v) is 16.7. The number of nitrogens with two attached hydrogens (primary N) is 2. The van der Waals surface area contributed by atoms with Gasteiger partial charge in [0.15, 0.2) is 0 Å². The first-order valence-electron chi connectivity index (χ1n) is 9.14. The SMILES string of the molecule is CCC[C@H]1O[C@@H](N)C(O)C1NP(=O)(O)OC[C@H]1O[C@@H](N)C(O)C1OC(C)C. The lowest BCUT2D eigenvalue weighted by atomic mass is 10.0. The Labute approximate surface area is 158 Å². The number of ether oxygens (including phenoxy) is 3. The van der Waals surface area contributed by atoms with Gasteiger partial charge in [-0.1, -0.05) is 13.3 Å². The summed E-state index contributed by atoms with van der Waals surface area (Å²) in [5.41, 5.74) is 11.3. The van der Waals surface area contributed by atoms with E-state index in [1.807, 2.05) is 6.92 Å². The van der Waals surface area contributed by atoms with E-state index in [4.69, 9.17) is 30.2 Å². The Kier molecular flexibility index (Phi) is 8.18. The maximum absolute atomic E-state index is 12.4. The topological polar surface area (TPSA) is 179 Å². The fourth-order valence-electron chi connectivity index (χ4n) is 3.27. The predicted octanol–water partition coefficient (Wildman–Crippen LogP) is -1.26. The van der Waals surface area contributed by atoms with Gasteiger partial charge in [-0.3, -0.25) is 4.52 Å². The molecule has 0 spiro atoms. The molecule has 0 aromatic carbocycles. The van der Waals surface area contributed by atoms with Crippen molar-refractivity contribution >= 4 is 7.75 Å². The molecule has 8 N–H and O–H groups in total. The molecule has 0 aromatic heterocycles. The minimum atomic E-state index is -4.32. The van der Waals surface area contributed by atoms with Crippen LogP contribution in [0.3, 0.4) is 0 Å². The highest BCUT2D eigenvalue weighted by Crippen LogP contribution is 2.41. The summed E-state index contributed by atoms with van der Waals surface area (Å²) in [6, 6.07) is -0.851. The molecule has 2 rings (SSSR count). The van der Waals surface area contributed by atoms with Gasteiger partial charge in [-0.15, -0.1) is 0 Å². The Morgan fingerprint density at radius 2 is 1.74 bits per heavy atom. The molecule has 0 aromatic rings. The van der Waals surface area contributed by atoms with E-state index in [9.17, 15) is 19.7 Å². The van der Waals surface area contributed by atoms with Crippen molar-refractivity contribution in [3.63, 3.8) is 0 Å². The Morgan fingerprint density at radius 3 is 2.33 bits per heavy atom. The van der Waals surface area contributed by atoms with Crippen molar-refractivity contribution in [1.29, 1.82) is 0 Å². The predicted molar refractivity (Wildman–Crippen MR) is 95.3 cm³/mol. The lowest BCUT2D eigenvalue weighted by Gasteiger charge is -2.26. The van der Waals surface area contributed by atoms with Crippen LogP contribution in [0.15, 0.2) is 0 Å². The van der Waals surface area contributed by atoms with E-state index in [2.05, 4.69) is 5.09 Å². The molecule has 0 amide bonds. The third-order valence-corrected chi connectivity index (χ3v) is 5.66. The molecular weight excluding hydrogens is 381 g/mol. The van der Waals surface area contributed by atoms with E-state index < -0.39 is 56.8 Å². The smallest absolute Gasteiger partial charge is 0.387 e. The van der Waals surface area contributed by atoms with Gasteiger partial charge >= 0.3 is 7.75 Å². The second-order valence-corrected chi connectivity index (χ2v) is 8.73. The maximum Gasteiger partial charge on any atom is 0.403 e. The number of aliphatic hydroxyl groups is 2. The second-order valence-electron chi connectivity index (χ2n) is 7.17. The van der Waals surface area contributed by atoms with Gasteiger partial charge < -0.3 is 40.8 Å². The first kappa shape index (κ1) is 23.1. The van der Waals surface area contributed by atoms with Crippen molar-refractivity contribution in [2.24, 2.45) is 11.5 Å². The molecule has 12 heteroatoms. The molecule has 0 bridgehead atoms. The minimum Gasteiger partial charge on any atom is -0.387 e. The zero-order chi connectivity index (χ0) is 20.4. The van der Waals surface area contributed by atoms with Crippen molar-refractivity contribution in [3.8, 4) is 0 Å². The van der Waals surface area contributed by atoms with Crippen LogP contribution in [0.2, 0.25) is 0 Å². The lowest BCUT2D eigenvalue weighted by Crippen LogP contribution is -2.45. The summed E-state index contributed by atoms with van der Waals surface area (Å²) in [5, 5.41) is 22.6. The summed E-state index contributed by atoms with van der Waals surface area (Å²) < 4.78 is 33.9. The van der Waals surface area contributed by atoms with Gasteiger partial charge in [-0.25, -0.2) is 9.65 Å². The molecule has 2 fully saturated rings. The maximum atomic E-state index is 12.4. The molecule has 2 aliphatic rings. The van der Waals surface area contributed by atoms with Crippen molar-refractivity contribution in [2.45, 2.75) is 88.7 Å². The van der Waals surface area contributed by atoms with Crippen LogP contribution in [-0.4, -0.2) is 76.8 Å². The van der Waals surface area contributed by atoms with Crippen LogP contribution >= 0.6 is 7.75 Å². The second kappa shape index (κ2) is 9.55. The van der Waals surface area contributed by atoms with E-state index in [0.717, 1.165) is 6.42 Å². The number of rotatable bonds is 9. The fourth-order valence-corrected chi connectivity index (χ4v) is 4.39. The number of hydrogen-bond donors (Lipinski definition) is 6. The standard InChI is InChI=1S/C15H32N3O8P/c1-4-5-8-10(11(19)14(16)25-8)18-27(21,22)23-6-9-13(24-7(2)3)12(20)15(17)26-9/h7-15,19-20H,4-6,16-17H2,1-3H3,(H2,18,21,22)/t8-,9-,10?,11?,12?,13?,14-,15-/m1/s1. The highest BCUT2D eigenvalue weighted by Gasteiger charge is 2.47. The summed E-state index contributed by atoms with van der Waals surface area (Å²) in [6.45, 7) is 5.15. The van der Waals surface area contributed by atoms with Crippen molar-refractivity contribution in [1.82, 2.24) is 5.09 Å². The first-order chi connectivity index (χ1) is 12.6. The average molecular weight is 413 g/mol. The Balaban J connectivity index is 1.96. The molecule has 0 saturated carbocycles. The fraction of sp³-hybridized carbons (Fsp3) is 1.00. The number of hydrogen-bond acceptors (Lipinski definition) is 9. The molecule has 5 unspecified atom stereocenters. The molecule has 2 saturated heterocycles. The highest BCUT2D eigenvalue weighted by atomic mass is 31.2. The average Bonchev–Trinajstić information content (AvgIpc) is 2.98. The van der Waals surface area contributed by atoms with E-state index in [0.29, 0.717) is 6.42 Å². The number of nitrogens with one attached hydrogen (secondary N) is 1. The van der Waals surface area contributed by atoms with E-state index in [1.165, 1.54) is 0 Å². The van der Waals surface area contributed by atoms with Crippen LogP contribution < -0.4 is 16.6 Å². The largest absolute Gasteiger partial charge is 0.403 e. The molecule has 0 radical (unpaired) electrons.